The number of hydrogen-bond donors (Lipinski definition) is 0. The summed E-state index contributed by atoms with van der Waals surface area (Å²) in [6.07, 6.45) is 5.01. The van der Waals surface area contributed by atoms with E-state index in [0.717, 1.165) is 0 Å². The van der Waals surface area contributed by atoms with Gasteiger partial charge in [-0.05, 0) is 0 Å². The van der Waals surface area contributed by atoms with Crippen LogP contribution in [0, 0.1) is 0 Å². The molecule has 0 saturated carbocycles. The zero-order chi connectivity index (χ0) is 23.3. The van der Waals surface area contributed by atoms with Gasteiger partial charge in [0.05, 0.1) is 0 Å². The van der Waals surface area contributed by atoms with Crippen molar-refractivity contribution in [2.75, 3.05) is 0 Å². The average Bonchev–Trinajstić information content (AvgIpc) is 3.29. The fraction of sp³-hybridized carbons (Fsp3) is 0.312. The second-order valence-corrected chi connectivity index (χ2v) is 14.1. The first-order valence-electron chi connectivity index (χ1n) is 12.3. The molecule has 0 nitrogen and oxygen atoms in total. The number of allylic oxidation sites excluding steroid dienone is 2. The molecule has 2 unspecified atom stereocenters. The molecule has 0 spiro atoms. The summed E-state index contributed by atoms with van der Waals surface area (Å²) in [6, 6.07) is 22.9. The average molecular weight is 581 g/mol. The molecule has 0 amide bonds. The third-order valence-corrected chi connectivity index (χ3v) is 12.8. The van der Waals surface area contributed by atoms with Gasteiger partial charge in [0.1, 0.15) is 0 Å². The maximum Gasteiger partial charge on any atom is -1.00 e. The molecule has 0 aliphatic heterocycles. The minimum Gasteiger partial charge on any atom is -1.00 e. The minimum atomic E-state index is -0.824. The van der Waals surface area contributed by atoms with Gasteiger partial charge in [0, 0.05) is 0 Å². The zero-order valence-corrected chi connectivity index (χ0v) is 25.5. The van der Waals surface area contributed by atoms with Crippen LogP contribution in [0.1, 0.15) is 94.0 Å². The summed E-state index contributed by atoms with van der Waals surface area (Å²) < 4.78 is 1.32. The predicted molar refractivity (Wildman–Crippen MR) is 139 cm³/mol. The van der Waals surface area contributed by atoms with Gasteiger partial charge in [-0.25, -0.2) is 0 Å². The van der Waals surface area contributed by atoms with Crippen molar-refractivity contribution in [3.8, 4) is 11.1 Å². The molecule has 0 saturated heterocycles. The molecular formula is C32H34Cl2Zr. The molecule has 0 fully saturated rings. The van der Waals surface area contributed by atoms with E-state index in [9.17, 15) is 0 Å². The first-order valence-corrected chi connectivity index (χ1v) is 15.2. The third-order valence-electron chi connectivity index (χ3n) is 7.39. The third kappa shape index (κ3) is 5.20. The molecule has 0 heterocycles. The summed E-state index contributed by atoms with van der Waals surface area (Å²) in [6.45, 7) is 14.1. The fourth-order valence-electron chi connectivity index (χ4n) is 5.53. The molecule has 3 aromatic rings. The topological polar surface area (TPSA) is 0 Å². The van der Waals surface area contributed by atoms with Gasteiger partial charge in [0.2, 0.25) is 0 Å². The van der Waals surface area contributed by atoms with Crippen LogP contribution in [0.3, 0.4) is 0 Å². The minimum absolute atomic E-state index is 0. The molecule has 5 rings (SSSR count). The first kappa shape index (κ1) is 28.2. The zero-order valence-electron chi connectivity index (χ0n) is 21.5. The normalized spacial score (nSPS) is 17.7. The monoisotopic (exact) mass is 578 g/mol. The summed E-state index contributed by atoms with van der Waals surface area (Å²) in [5.74, 6) is 1.13. The molecule has 0 N–H and O–H groups in total. The fourth-order valence-corrected chi connectivity index (χ4v) is 10.1. The maximum absolute atomic E-state index is 2.56. The van der Waals surface area contributed by atoms with Crippen LogP contribution in [-0.2, 0) is 23.2 Å². The van der Waals surface area contributed by atoms with E-state index in [-0.39, 0.29) is 24.8 Å². The van der Waals surface area contributed by atoms with Crippen LogP contribution in [0.25, 0.3) is 23.3 Å². The summed E-state index contributed by atoms with van der Waals surface area (Å²) in [4.78, 5) is 0. The number of hydrogen-bond acceptors (Lipinski definition) is 0. The van der Waals surface area contributed by atoms with E-state index in [0.29, 0.717) is 19.1 Å². The Morgan fingerprint density at radius 3 is 1.91 bits per heavy atom. The van der Waals surface area contributed by atoms with Gasteiger partial charge in [0.15, 0.2) is 0 Å². The van der Waals surface area contributed by atoms with Crippen molar-refractivity contribution in [1.82, 2.24) is 0 Å². The second-order valence-electron chi connectivity index (χ2n) is 10.4. The van der Waals surface area contributed by atoms with Crippen molar-refractivity contribution in [3.63, 3.8) is 0 Å². The Kier molecular flexibility index (Phi) is 9.12. The molecule has 180 valence electrons. The van der Waals surface area contributed by atoms with E-state index in [1.165, 1.54) is 27.8 Å². The Bertz CT molecular complexity index is 1270. The van der Waals surface area contributed by atoms with E-state index < -0.39 is 23.2 Å². The van der Waals surface area contributed by atoms with Crippen LogP contribution < -0.4 is 24.8 Å². The molecule has 0 aromatic heterocycles. The van der Waals surface area contributed by atoms with E-state index in [2.05, 4.69) is 114 Å². The van der Waals surface area contributed by atoms with Crippen molar-refractivity contribution in [1.29, 1.82) is 0 Å². The number of benzene rings is 3. The van der Waals surface area contributed by atoms with Gasteiger partial charge in [-0.15, -0.1) is 0 Å². The Morgan fingerprint density at radius 1 is 0.657 bits per heavy atom. The molecular weight excluding hydrogens is 546 g/mol. The summed E-state index contributed by atoms with van der Waals surface area (Å²) >= 11 is -0.824. The van der Waals surface area contributed by atoms with Crippen LogP contribution in [0.15, 0.2) is 71.8 Å². The van der Waals surface area contributed by atoms with Crippen molar-refractivity contribution in [3.05, 3.63) is 105 Å². The van der Waals surface area contributed by atoms with Crippen LogP contribution >= 0.6 is 0 Å². The number of halogens is 2. The van der Waals surface area contributed by atoms with Gasteiger partial charge in [0.25, 0.3) is 0 Å². The van der Waals surface area contributed by atoms with E-state index in [4.69, 9.17) is 0 Å². The van der Waals surface area contributed by atoms with Crippen molar-refractivity contribution < 1.29 is 48.0 Å². The Labute approximate surface area is 235 Å². The van der Waals surface area contributed by atoms with Crippen molar-refractivity contribution >= 4 is 12.2 Å². The van der Waals surface area contributed by atoms with Crippen LogP contribution in [0.4, 0.5) is 0 Å². The van der Waals surface area contributed by atoms with Gasteiger partial charge in [-0.2, -0.15) is 0 Å². The number of fused-ring (bicyclic) bond motifs is 2. The van der Waals surface area contributed by atoms with E-state index >= 15 is 0 Å². The summed E-state index contributed by atoms with van der Waals surface area (Å²) in [7, 11) is 0. The molecule has 35 heavy (non-hydrogen) atoms. The van der Waals surface area contributed by atoms with Gasteiger partial charge < -0.3 is 24.8 Å². The second kappa shape index (κ2) is 11.3. The largest absolute Gasteiger partial charge is 1.00 e. The first-order chi connectivity index (χ1) is 15.8. The molecule has 0 bridgehead atoms. The molecule has 2 aliphatic rings. The smallest absolute Gasteiger partial charge is 1.00 e. The predicted octanol–water partition coefficient (Wildman–Crippen LogP) is 3.31. The summed E-state index contributed by atoms with van der Waals surface area (Å²) in [5.41, 5.74) is 15.2. The standard InChI is InChI=1S/C16H13.C16H21.2ClH.Zr/c1-12-10-14-8-5-9-15(16(14)11-12)13-6-3-2-4-7-13;1-10(2)13-8-14-6-12(5)7-16(14)15(9-13)11(3)4;;;/h2-11H,1H3;6-11H,1-5H3;2*1H;/q;;;;+2/p-2. The Hall–Kier alpha value is -1.40. The van der Waals surface area contributed by atoms with E-state index in [1.54, 1.807) is 27.8 Å². The molecule has 2 aliphatic carbocycles. The SMILES string of the molecule is CC1=Cc2c(-c3ccccc3)cccc2[CH]1[Zr+2][CH]1C(C)=Cc2c(C(C)C)cc(C(C)C)cc21.[Cl-].[Cl-]. The van der Waals surface area contributed by atoms with Gasteiger partial charge in [-0.3, -0.25) is 0 Å². The van der Waals surface area contributed by atoms with Crippen LogP contribution in [0.2, 0.25) is 0 Å². The van der Waals surface area contributed by atoms with Gasteiger partial charge >= 0.3 is 212 Å². The molecule has 2 atom stereocenters. The molecule has 3 heteroatoms. The Morgan fingerprint density at radius 2 is 1.29 bits per heavy atom. The van der Waals surface area contributed by atoms with Crippen LogP contribution in [0.5, 0.6) is 0 Å². The van der Waals surface area contributed by atoms with Gasteiger partial charge in [-0.1, -0.05) is 0 Å². The quantitative estimate of drug-likeness (QED) is 0.435. The molecule has 3 aromatic carbocycles. The van der Waals surface area contributed by atoms with Crippen LogP contribution in [-0.4, -0.2) is 0 Å². The van der Waals surface area contributed by atoms with E-state index in [1.807, 2.05) is 0 Å². The Balaban J connectivity index is 0.00000171. The summed E-state index contributed by atoms with van der Waals surface area (Å²) in [5, 5.41) is 0. The molecule has 0 radical (unpaired) electrons. The number of rotatable bonds is 5. The van der Waals surface area contributed by atoms with Crippen molar-refractivity contribution in [2.24, 2.45) is 0 Å². The maximum atomic E-state index is 2.56. The van der Waals surface area contributed by atoms with Crippen molar-refractivity contribution in [2.45, 2.75) is 60.6 Å².